The lowest BCUT2D eigenvalue weighted by atomic mass is 9.53. The first-order chi connectivity index (χ1) is 11.5. The second-order valence-corrected chi connectivity index (χ2v) is 8.08. The second kappa shape index (κ2) is 5.81. The predicted molar refractivity (Wildman–Crippen MR) is 90.3 cm³/mol. The summed E-state index contributed by atoms with van der Waals surface area (Å²) in [7, 11) is 0. The number of nitrogens with zero attached hydrogens (tertiary/aromatic N) is 1. The number of nitriles is 1. The highest BCUT2D eigenvalue weighted by Gasteiger charge is 2.51. The maximum Gasteiger partial charge on any atom is 0.261 e. The number of rotatable bonds is 4. The summed E-state index contributed by atoms with van der Waals surface area (Å²) >= 11 is 0. The van der Waals surface area contributed by atoms with Gasteiger partial charge in [-0.3, -0.25) is 4.79 Å². The fraction of sp³-hybridized carbons (Fsp3) is 0.600. The van der Waals surface area contributed by atoms with Crippen LogP contribution in [0.25, 0.3) is 0 Å². The van der Waals surface area contributed by atoms with Crippen LogP contribution < -0.4 is 10.1 Å². The molecule has 1 atom stereocenters. The van der Waals surface area contributed by atoms with E-state index < -0.39 is 6.10 Å². The standard InChI is InChI=1S/C20H24N2O2/c1-13(24-18-4-2-14(12-21)3-5-18)19(23)22-20-9-15-6-16(10-20)8-17(7-15)11-20/h2-5,13,15-17H,6-11H2,1H3,(H,22,23). The van der Waals surface area contributed by atoms with Crippen molar-refractivity contribution >= 4 is 5.91 Å². The lowest BCUT2D eigenvalue weighted by Crippen LogP contribution is -2.61. The number of carbonyl (C=O) groups excluding carboxylic acids is 1. The average molecular weight is 324 g/mol. The van der Waals surface area contributed by atoms with Gasteiger partial charge in [-0.15, -0.1) is 0 Å². The Morgan fingerprint density at radius 1 is 1.17 bits per heavy atom. The Morgan fingerprint density at radius 2 is 1.71 bits per heavy atom. The Hall–Kier alpha value is -2.02. The molecular weight excluding hydrogens is 300 g/mol. The Morgan fingerprint density at radius 3 is 2.21 bits per heavy atom. The van der Waals surface area contributed by atoms with Gasteiger partial charge in [0.1, 0.15) is 5.75 Å². The predicted octanol–water partition coefficient (Wildman–Crippen LogP) is 3.41. The van der Waals surface area contributed by atoms with E-state index in [4.69, 9.17) is 10.00 Å². The molecule has 24 heavy (non-hydrogen) atoms. The summed E-state index contributed by atoms with van der Waals surface area (Å²) in [5.74, 6) is 3.05. The minimum Gasteiger partial charge on any atom is -0.481 e. The molecule has 1 aromatic carbocycles. The van der Waals surface area contributed by atoms with Crippen molar-refractivity contribution < 1.29 is 9.53 Å². The molecule has 0 aliphatic heterocycles. The molecule has 1 aromatic rings. The van der Waals surface area contributed by atoms with Gasteiger partial charge in [-0.25, -0.2) is 0 Å². The van der Waals surface area contributed by atoms with Crippen LogP contribution in [0.2, 0.25) is 0 Å². The Bertz CT molecular complexity index is 639. The van der Waals surface area contributed by atoms with Crippen LogP contribution in [-0.4, -0.2) is 17.6 Å². The molecule has 4 bridgehead atoms. The molecular formula is C20H24N2O2. The van der Waals surface area contributed by atoms with E-state index in [1.165, 1.54) is 19.3 Å². The molecule has 0 saturated heterocycles. The summed E-state index contributed by atoms with van der Waals surface area (Å²) in [5, 5.41) is 12.2. The van der Waals surface area contributed by atoms with Crippen molar-refractivity contribution in [2.24, 2.45) is 17.8 Å². The van der Waals surface area contributed by atoms with E-state index in [1.807, 2.05) is 0 Å². The monoisotopic (exact) mass is 324 g/mol. The minimum atomic E-state index is -0.522. The number of ether oxygens (including phenoxy) is 1. The largest absolute Gasteiger partial charge is 0.481 e. The summed E-state index contributed by atoms with van der Waals surface area (Å²) in [6, 6.07) is 8.98. The Labute approximate surface area is 143 Å². The van der Waals surface area contributed by atoms with Crippen molar-refractivity contribution in [1.82, 2.24) is 5.32 Å². The van der Waals surface area contributed by atoms with E-state index in [2.05, 4.69) is 11.4 Å². The summed E-state index contributed by atoms with van der Waals surface area (Å²) < 4.78 is 5.77. The lowest BCUT2D eigenvalue weighted by molar-refractivity contribution is -0.133. The fourth-order valence-electron chi connectivity index (χ4n) is 5.49. The molecule has 4 aliphatic carbocycles. The van der Waals surface area contributed by atoms with Gasteiger partial charge >= 0.3 is 0 Å². The number of nitrogens with one attached hydrogen (secondary N) is 1. The van der Waals surface area contributed by atoms with E-state index >= 15 is 0 Å². The van der Waals surface area contributed by atoms with Crippen molar-refractivity contribution in [2.75, 3.05) is 0 Å². The molecule has 0 radical (unpaired) electrons. The first kappa shape index (κ1) is 15.5. The van der Waals surface area contributed by atoms with Crippen LogP contribution in [0.5, 0.6) is 5.75 Å². The quantitative estimate of drug-likeness (QED) is 0.923. The third-order valence-electron chi connectivity index (χ3n) is 6.09. The molecule has 4 nitrogen and oxygen atoms in total. The zero-order chi connectivity index (χ0) is 16.7. The average Bonchev–Trinajstić information content (AvgIpc) is 2.53. The Kier molecular flexibility index (Phi) is 3.75. The first-order valence-electron chi connectivity index (χ1n) is 9.04. The van der Waals surface area contributed by atoms with E-state index in [-0.39, 0.29) is 11.4 Å². The van der Waals surface area contributed by atoms with Gasteiger partial charge in [0.25, 0.3) is 5.91 Å². The molecule has 0 aromatic heterocycles. The number of benzene rings is 1. The first-order valence-corrected chi connectivity index (χ1v) is 9.04. The highest BCUT2D eigenvalue weighted by molar-refractivity contribution is 5.81. The van der Waals surface area contributed by atoms with Crippen LogP contribution in [0.15, 0.2) is 24.3 Å². The third-order valence-corrected chi connectivity index (χ3v) is 6.09. The van der Waals surface area contributed by atoms with E-state index in [0.717, 1.165) is 37.0 Å². The molecule has 4 saturated carbocycles. The van der Waals surface area contributed by atoms with E-state index in [9.17, 15) is 4.79 Å². The van der Waals surface area contributed by atoms with E-state index in [0.29, 0.717) is 11.3 Å². The van der Waals surface area contributed by atoms with Crippen molar-refractivity contribution in [3.63, 3.8) is 0 Å². The maximum atomic E-state index is 12.7. The highest BCUT2D eigenvalue weighted by atomic mass is 16.5. The molecule has 5 rings (SSSR count). The molecule has 4 aliphatic rings. The van der Waals surface area contributed by atoms with Crippen LogP contribution in [0.3, 0.4) is 0 Å². The third kappa shape index (κ3) is 2.88. The summed E-state index contributed by atoms with van der Waals surface area (Å²) in [5.41, 5.74) is 0.613. The summed E-state index contributed by atoms with van der Waals surface area (Å²) in [4.78, 5) is 12.7. The van der Waals surface area contributed by atoms with Gasteiger partial charge in [-0.05, 0) is 87.5 Å². The van der Waals surface area contributed by atoms with Gasteiger partial charge in [-0.2, -0.15) is 5.26 Å². The SMILES string of the molecule is CC(Oc1ccc(C#N)cc1)C(=O)NC12CC3CC(CC(C3)C1)C2. The lowest BCUT2D eigenvalue weighted by Gasteiger charge is -2.57. The van der Waals surface area contributed by atoms with Crippen LogP contribution in [0, 0.1) is 29.1 Å². The van der Waals surface area contributed by atoms with E-state index in [1.54, 1.807) is 31.2 Å². The molecule has 0 heterocycles. The van der Waals surface area contributed by atoms with Crippen LogP contribution in [0.1, 0.15) is 51.0 Å². The van der Waals surface area contributed by atoms with Crippen molar-refractivity contribution in [3.05, 3.63) is 29.8 Å². The maximum absolute atomic E-state index is 12.7. The molecule has 1 N–H and O–H groups in total. The van der Waals surface area contributed by atoms with Gasteiger partial charge < -0.3 is 10.1 Å². The van der Waals surface area contributed by atoms with Crippen LogP contribution in [0.4, 0.5) is 0 Å². The van der Waals surface area contributed by atoms with Gasteiger partial charge in [0.05, 0.1) is 11.6 Å². The Balaban J connectivity index is 1.39. The summed E-state index contributed by atoms with van der Waals surface area (Å²) in [6.45, 7) is 1.80. The van der Waals surface area contributed by atoms with Crippen LogP contribution in [-0.2, 0) is 4.79 Å². The summed E-state index contributed by atoms with van der Waals surface area (Å²) in [6.07, 6.45) is 7.02. The number of carbonyl (C=O) groups is 1. The van der Waals surface area contributed by atoms with Crippen molar-refractivity contribution in [2.45, 2.75) is 57.1 Å². The fourth-order valence-corrected chi connectivity index (χ4v) is 5.49. The van der Waals surface area contributed by atoms with Gasteiger partial charge in [0.2, 0.25) is 0 Å². The second-order valence-electron chi connectivity index (χ2n) is 8.08. The van der Waals surface area contributed by atoms with Gasteiger partial charge in [0.15, 0.2) is 6.10 Å². The molecule has 1 unspecified atom stereocenters. The van der Waals surface area contributed by atoms with Crippen molar-refractivity contribution in [1.29, 1.82) is 5.26 Å². The number of hydrogen-bond donors (Lipinski definition) is 1. The smallest absolute Gasteiger partial charge is 0.261 e. The van der Waals surface area contributed by atoms with Crippen LogP contribution >= 0.6 is 0 Å². The molecule has 1 amide bonds. The zero-order valence-corrected chi connectivity index (χ0v) is 14.1. The number of amides is 1. The molecule has 126 valence electrons. The molecule has 4 fully saturated rings. The molecule has 4 heteroatoms. The molecule has 0 spiro atoms. The number of hydrogen-bond acceptors (Lipinski definition) is 3. The van der Waals surface area contributed by atoms with Crippen molar-refractivity contribution in [3.8, 4) is 11.8 Å². The normalized spacial score (nSPS) is 34.4. The highest BCUT2D eigenvalue weighted by Crippen LogP contribution is 2.55. The van der Waals surface area contributed by atoms with Gasteiger partial charge in [0, 0.05) is 5.54 Å². The van der Waals surface area contributed by atoms with Gasteiger partial charge in [-0.1, -0.05) is 0 Å². The zero-order valence-electron chi connectivity index (χ0n) is 14.1. The minimum absolute atomic E-state index is 0.0127. The topological polar surface area (TPSA) is 62.1 Å².